The van der Waals surface area contributed by atoms with Crippen molar-refractivity contribution in [2.45, 2.75) is 39.7 Å². The monoisotopic (exact) mass is 386 g/mol. The average molecular weight is 386 g/mol. The maximum absolute atomic E-state index is 12.8. The predicted octanol–water partition coefficient (Wildman–Crippen LogP) is 5.07. The van der Waals surface area contributed by atoms with Gasteiger partial charge in [0.05, 0.1) is 11.7 Å². The molecule has 1 N–H and O–H groups in total. The van der Waals surface area contributed by atoms with Crippen LogP contribution in [0.2, 0.25) is 0 Å². The summed E-state index contributed by atoms with van der Waals surface area (Å²) in [5.74, 6) is 0.0433. The Bertz CT molecular complexity index is 1100. The minimum absolute atomic E-state index is 0.0146. The van der Waals surface area contributed by atoms with Crippen LogP contribution in [-0.2, 0) is 4.79 Å². The Morgan fingerprint density at radius 1 is 1.07 bits per heavy atom. The van der Waals surface area contributed by atoms with Gasteiger partial charge in [-0.3, -0.25) is 9.59 Å². The van der Waals surface area contributed by atoms with Crippen molar-refractivity contribution in [1.29, 1.82) is 0 Å². The van der Waals surface area contributed by atoms with Crippen LogP contribution < -0.4 is 10.2 Å². The number of amides is 2. The van der Waals surface area contributed by atoms with Crippen molar-refractivity contribution in [2.75, 3.05) is 11.4 Å². The van der Waals surface area contributed by atoms with Crippen LogP contribution in [0.15, 0.2) is 54.6 Å². The molecule has 4 rings (SSSR count). The number of nitrogens with zero attached hydrogens (tertiary/aromatic N) is 1. The Balaban J connectivity index is 1.37. The summed E-state index contributed by atoms with van der Waals surface area (Å²) in [5.41, 5.74) is 5.22. The van der Waals surface area contributed by atoms with Gasteiger partial charge in [0.15, 0.2) is 0 Å². The number of aryl methyl sites for hydroxylation is 2. The lowest BCUT2D eigenvalue weighted by molar-refractivity contribution is -0.121. The number of benzene rings is 3. The molecule has 0 fully saturated rings. The summed E-state index contributed by atoms with van der Waals surface area (Å²) in [6.07, 6.45) is 1.02. The lowest BCUT2D eigenvalue weighted by Crippen LogP contribution is -2.30. The summed E-state index contributed by atoms with van der Waals surface area (Å²) in [6.45, 7) is 6.68. The lowest BCUT2D eigenvalue weighted by Gasteiger charge is -2.19. The molecule has 0 radical (unpaired) electrons. The summed E-state index contributed by atoms with van der Waals surface area (Å²) >= 11 is 0. The van der Waals surface area contributed by atoms with Crippen molar-refractivity contribution < 1.29 is 9.59 Å². The molecule has 1 unspecified atom stereocenters. The molecule has 1 aliphatic heterocycles. The number of anilines is 1. The van der Waals surface area contributed by atoms with Gasteiger partial charge in [-0.2, -0.15) is 0 Å². The molecule has 0 bridgehead atoms. The standard InChI is InChI=1S/C25H26N2O2/c1-16-12-13-17(2)21(15-16)18(3)26-23(28)11-6-14-27-22-10-5-8-19-7-4-9-20(24(19)22)25(27)29/h4-5,7-10,12-13,15,18H,6,11,14H2,1-3H3,(H,26,28). The third kappa shape index (κ3) is 3.63. The van der Waals surface area contributed by atoms with Crippen molar-refractivity contribution >= 4 is 28.3 Å². The maximum atomic E-state index is 12.8. The molecule has 1 atom stereocenters. The van der Waals surface area contributed by atoms with E-state index in [0.29, 0.717) is 19.4 Å². The Labute approximate surface area is 171 Å². The van der Waals surface area contributed by atoms with Crippen molar-refractivity contribution in [3.63, 3.8) is 0 Å². The number of carbonyl (C=O) groups excluding carboxylic acids is 2. The molecule has 0 aliphatic carbocycles. The summed E-state index contributed by atoms with van der Waals surface area (Å²) in [4.78, 5) is 27.1. The van der Waals surface area contributed by atoms with E-state index in [1.54, 1.807) is 4.90 Å². The van der Waals surface area contributed by atoms with E-state index < -0.39 is 0 Å². The zero-order valence-electron chi connectivity index (χ0n) is 17.2. The van der Waals surface area contributed by atoms with E-state index in [4.69, 9.17) is 0 Å². The first-order valence-electron chi connectivity index (χ1n) is 10.2. The normalized spacial score (nSPS) is 13.8. The van der Waals surface area contributed by atoms with Gasteiger partial charge in [0.2, 0.25) is 5.91 Å². The molecule has 148 valence electrons. The lowest BCUT2D eigenvalue weighted by atomic mass is 10.00. The number of hydrogen-bond donors (Lipinski definition) is 1. The van der Waals surface area contributed by atoms with Gasteiger partial charge in [-0.25, -0.2) is 0 Å². The highest BCUT2D eigenvalue weighted by Gasteiger charge is 2.29. The second-order valence-corrected chi connectivity index (χ2v) is 7.89. The third-order valence-electron chi connectivity index (χ3n) is 5.71. The zero-order valence-corrected chi connectivity index (χ0v) is 17.2. The van der Waals surface area contributed by atoms with E-state index in [2.05, 4.69) is 37.4 Å². The van der Waals surface area contributed by atoms with Gasteiger partial charge in [-0.1, -0.05) is 48.0 Å². The van der Waals surface area contributed by atoms with Gasteiger partial charge >= 0.3 is 0 Å². The highest BCUT2D eigenvalue weighted by atomic mass is 16.2. The molecule has 2 amide bonds. The number of rotatable bonds is 6. The molecule has 0 saturated heterocycles. The smallest absolute Gasteiger partial charge is 0.258 e. The van der Waals surface area contributed by atoms with Gasteiger partial charge in [0.1, 0.15) is 0 Å². The summed E-state index contributed by atoms with van der Waals surface area (Å²) in [6, 6.07) is 18.1. The fourth-order valence-electron chi connectivity index (χ4n) is 4.22. The third-order valence-corrected chi connectivity index (χ3v) is 5.71. The first kappa shape index (κ1) is 19.2. The summed E-state index contributed by atoms with van der Waals surface area (Å²) < 4.78 is 0. The molecule has 4 nitrogen and oxygen atoms in total. The van der Waals surface area contributed by atoms with Crippen molar-refractivity contribution in [2.24, 2.45) is 0 Å². The number of nitrogens with one attached hydrogen (secondary N) is 1. The Morgan fingerprint density at radius 3 is 2.62 bits per heavy atom. The molecule has 29 heavy (non-hydrogen) atoms. The molecule has 3 aromatic rings. The van der Waals surface area contributed by atoms with Gasteiger partial charge < -0.3 is 10.2 Å². The fourth-order valence-corrected chi connectivity index (χ4v) is 4.22. The highest BCUT2D eigenvalue weighted by molar-refractivity contribution is 6.25. The first-order valence-corrected chi connectivity index (χ1v) is 10.2. The highest BCUT2D eigenvalue weighted by Crippen LogP contribution is 2.37. The minimum Gasteiger partial charge on any atom is -0.350 e. The zero-order chi connectivity index (χ0) is 20.5. The largest absolute Gasteiger partial charge is 0.350 e. The fraction of sp³-hybridized carbons (Fsp3) is 0.280. The Hall–Kier alpha value is -3.14. The maximum Gasteiger partial charge on any atom is 0.258 e. The van der Waals surface area contributed by atoms with Crippen molar-refractivity contribution in [3.05, 3.63) is 76.9 Å². The molecule has 0 spiro atoms. The SMILES string of the molecule is Cc1ccc(C)c(C(C)NC(=O)CCCN2C(=O)c3cccc4cccc2c34)c1. The topological polar surface area (TPSA) is 49.4 Å². The van der Waals surface area contributed by atoms with E-state index in [1.807, 2.05) is 43.3 Å². The average Bonchev–Trinajstić information content (AvgIpc) is 2.98. The van der Waals surface area contributed by atoms with E-state index in [9.17, 15) is 9.59 Å². The van der Waals surface area contributed by atoms with Crippen LogP contribution >= 0.6 is 0 Å². The van der Waals surface area contributed by atoms with Crippen LogP contribution in [0.1, 0.15) is 52.9 Å². The molecule has 1 aliphatic rings. The number of carbonyl (C=O) groups is 2. The van der Waals surface area contributed by atoms with Gasteiger partial charge in [0, 0.05) is 23.9 Å². The van der Waals surface area contributed by atoms with Crippen LogP contribution in [0.5, 0.6) is 0 Å². The van der Waals surface area contributed by atoms with Crippen LogP contribution in [0.25, 0.3) is 10.8 Å². The Morgan fingerprint density at radius 2 is 1.83 bits per heavy atom. The predicted molar refractivity (Wildman–Crippen MR) is 117 cm³/mol. The van der Waals surface area contributed by atoms with Gasteiger partial charge in [-0.05, 0) is 55.8 Å². The second kappa shape index (κ2) is 7.70. The first-order chi connectivity index (χ1) is 14.0. The molecular formula is C25H26N2O2. The molecule has 4 heteroatoms. The second-order valence-electron chi connectivity index (χ2n) is 7.89. The van der Waals surface area contributed by atoms with Crippen molar-refractivity contribution in [1.82, 2.24) is 5.32 Å². The number of hydrogen-bond acceptors (Lipinski definition) is 2. The molecule has 1 heterocycles. The van der Waals surface area contributed by atoms with E-state index in [1.165, 1.54) is 11.1 Å². The summed E-state index contributed by atoms with van der Waals surface area (Å²) in [5, 5.41) is 5.20. The quantitative estimate of drug-likeness (QED) is 0.643. The van der Waals surface area contributed by atoms with Crippen molar-refractivity contribution in [3.8, 4) is 0 Å². The van der Waals surface area contributed by atoms with Crippen LogP contribution in [-0.4, -0.2) is 18.4 Å². The van der Waals surface area contributed by atoms with Crippen LogP contribution in [0.4, 0.5) is 5.69 Å². The minimum atomic E-state index is -0.0335. The summed E-state index contributed by atoms with van der Waals surface area (Å²) in [7, 11) is 0. The molecule has 0 saturated carbocycles. The van der Waals surface area contributed by atoms with Crippen LogP contribution in [0.3, 0.4) is 0 Å². The van der Waals surface area contributed by atoms with E-state index in [-0.39, 0.29) is 17.9 Å². The van der Waals surface area contributed by atoms with Crippen LogP contribution in [0, 0.1) is 13.8 Å². The van der Waals surface area contributed by atoms with Gasteiger partial charge in [0.25, 0.3) is 5.91 Å². The van der Waals surface area contributed by atoms with E-state index >= 15 is 0 Å². The molecule has 0 aromatic heterocycles. The Kier molecular flexibility index (Phi) is 5.10. The molecular weight excluding hydrogens is 360 g/mol. The van der Waals surface area contributed by atoms with E-state index in [0.717, 1.165) is 27.6 Å². The molecule has 3 aromatic carbocycles. The van der Waals surface area contributed by atoms with Gasteiger partial charge in [-0.15, -0.1) is 0 Å².